The number of carbonyl (C=O) groups is 1. The van der Waals surface area contributed by atoms with Crippen LogP contribution in [0.2, 0.25) is 0 Å². The maximum Gasteiger partial charge on any atom is 0.508 e. The third-order valence-corrected chi connectivity index (χ3v) is 1.42. The van der Waals surface area contributed by atoms with E-state index in [1.165, 1.54) is 7.11 Å². The zero-order chi connectivity index (χ0) is 9.40. The van der Waals surface area contributed by atoms with Gasteiger partial charge in [-0.25, -0.2) is 4.79 Å². The lowest BCUT2D eigenvalue weighted by molar-refractivity contribution is 0.0372. The van der Waals surface area contributed by atoms with Crippen molar-refractivity contribution in [3.63, 3.8) is 0 Å². The quantitative estimate of drug-likeness (QED) is 0.471. The Morgan fingerprint density at radius 2 is 2.08 bits per heavy atom. The van der Waals surface area contributed by atoms with Crippen LogP contribution in [0.4, 0.5) is 4.79 Å². The highest BCUT2D eigenvalue weighted by atomic mass is 16.7. The van der Waals surface area contributed by atoms with Crippen molar-refractivity contribution in [1.29, 1.82) is 0 Å². The lowest BCUT2D eigenvalue weighted by Crippen LogP contribution is -2.15. The van der Waals surface area contributed by atoms with Gasteiger partial charge in [0.05, 0.1) is 7.11 Å². The van der Waals surface area contributed by atoms with Crippen molar-refractivity contribution >= 4 is 6.16 Å². The highest BCUT2D eigenvalue weighted by molar-refractivity contribution is 5.59. The van der Waals surface area contributed by atoms with Gasteiger partial charge in [-0.2, -0.15) is 0 Å². The monoisotopic (exact) mass is 176 g/mol. The summed E-state index contributed by atoms with van der Waals surface area (Å²) in [6.07, 6.45) is 0.949. The minimum Gasteiger partial charge on any atom is -0.438 e. The molecule has 4 heteroatoms. The minimum atomic E-state index is -0.625. The zero-order valence-electron chi connectivity index (χ0n) is 7.83. The van der Waals surface area contributed by atoms with Crippen LogP contribution >= 0.6 is 0 Å². The Labute approximate surface area is 72.8 Å². The van der Waals surface area contributed by atoms with Crippen LogP contribution in [0.15, 0.2) is 0 Å². The number of rotatable bonds is 5. The van der Waals surface area contributed by atoms with E-state index in [1.54, 1.807) is 7.11 Å². The van der Waals surface area contributed by atoms with Gasteiger partial charge >= 0.3 is 6.16 Å². The fourth-order valence-corrected chi connectivity index (χ4v) is 0.786. The van der Waals surface area contributed by atoms with Gasteiger partial charge < -0.3 is 14.2 Å². The predicted molar refractivity (Wildman–Crippen MR) is 44.1 cm³/mol. The van der Waals surface area contributed by atoms with Gasteiger partial charge in [-0.05, 0) is 19.8 Å². The largest absolute Gasteiger partial charge is 0.508 e. The summed E-state index contributed by atoms with van der Waals surface area (Å²) in [6, 6.07) is 0. The van der Waals surface area contributed by atoms with Crippen LogP contribution in [0.5, 0.6) is 0 Å². The molecule has 1 atom stereocenters. The summed E-state index contributed by atoms with van der Waals surface area (Å²) in [7, 11) is 2.94. The van der Waals surface area contributed by atoms with Crippen molar-refractivity contribution < 1.29 is 19.0 Å². The lowest BCUT2D eigenvalue weighted by Gasteiger charge is -2.10. The van der Waals surface area contributed by atoms with Gasteiger partial charge in [0, 0.05) is 13.7 Å². The maximum absolute atomic E-state index is 10.6. The molecule has 0 aliphatic heterocycles. The van der Waals surface area contributed by atoms with Gasteiger partial charge in [0.2, 0.25) is 0 Å². The molecule has 1 unspecified atom stereocenters. The van der Waals surface area contributed by atoms with E-state index in [9.17, 15) is 4.79 Å². The van der Waals surface area contributed by atoms with E-state index in [1.807, 2.05) is 6.92 Å². The SMILES string of the molecule is COCCCC(C)OC(=O)OC. The Balaban J connectivity index is 3.32. The molecule has 0 radical (unpaired) electrons. The normalized spacial score (nSPS) is 12.2. The zero-order valence-corrected chi connectivity index (χ0v) is 7.83. The van der Waals surface area contributed by atoms with Gasteiger partial charge in [0.25, 0.3) is 0 Å². The Kier molecular flexibility index (Phi) is 6.47. The van der Waals surface area contributed by atoms with Crippen molar-refractivity contribution in [3.05, 3.63) is 0 Å². The number of hydrogen-bond donors (Lipinski definition) is 0. The molecule has 0 heterocycles. The first kappa shape index (κ1) is 11.2. The first-order chi connectivity index (χ1) is 5.70. The topological polar surface area (TPSA) is 44.8 Å². The van der Waals surface area contributed by atoms with E-state index >= 15 is 0 Å². The van der Waals surface area contributed by atoms with E-state index in [-0.39, 0.29) is 6.10 Å². The van der Waals surface area contributed by atoms with Crippen LogP contribution in [0.3, 0.4) is 0 Å². The fraction of sp³-hybridized carbons (Fsp3) is 0.875. The van der Waals surface area contributed by atoms with Gasteiger partial charge in [-0.3, -0.25) is 0 Å². The Hall–Kier alpha value is -0.770. The summed E-state index contributed by atoms with van der Waals surface area (Å²) in [5.74, 6) is 0. The molecule has 4 nitrogen and oxygen atoms in total. The van der Waals surface area contributed by atoms with Crippen LogP contribution in [0, 0.1) is 0 Å². The number of hydrogen-bond acceptors (Lipinski definition) is 4. The van der Waals surface area contributed by atoms with Crippen LogP contribution in [-0.4, -0.2) is 33.1 Å². The summed E-state index contributed by atoms with van der Waals surface area (Å²) in [4.78, 5) is 10.6. The summed E-state index contributed by atoms with van der Waals surface area (Å²) >= 11 is 0. The molecule has 0 fully saturated rings. The minimum absolute atomic E-state index is 0.104. The highest BCUT2D eigenvalue weighted by Gasteiger charge is 2.07. The van der Waals surface area contributed by atoms with Crippen molar-refractivity contribution in [2.24, 2.45) is 0 Å². The smallest absolute Gasteiger partial charge is 0.438 e. The van der Waals surface area contributed by atoms with Crippen LogP contribution < -0.4 is 0 Å². The van der Waals surface area contributed by atoms with Gasteiger partial charge in [0.15, 0.2) is 0 Å². The highest BCUT2D eigenvalue weighted by Crippen LogP contribution is 2.02. The van der Waals surface area contributed by atoms with Crippen LogP contribution in [0.1, 0.15) is 19.8 Å². The molecule has 0 amide bonds. The van der Waals surface area contributed by atoms with Crippen molar-refractivity contribution in [3.8, 4) is 0 Å². The maximum atomic E-state index is 10.6. The fourth-order valence-electron chi connectivity index (χ4n) is 0.786. The molecule has 0 spiro atoms. The lowest BCUT2D eigenvalue weighted by atomic mass is 10.2. The molecule has 0 rings (SSSR count). The summed E-state index contributed by atoms with van der Waals surface area (Å²) in [5.41, 5.74) is 0. The summed E-state index contributed by atoms with van der Waals surface area (Å²) in [6.45, 7) is 2.52. The van der Waals surface area contributed by atoms with E-state index in [0.717, 1.165) is 12.8 Å². The van der Waals surface area contributed by atoms with Gasteiger partial charge in [-0.1, -0.05) is 0 Å². The van der Waals surface area contributed by atoms with Crippen LogP contribution in [0.25, 0.3) is 0 Å². The molecule has 0 aromatic rings. The van der Waals surface area contributed by atoms with Crippen LogP contribution in [-0.2, 0) is 14.2 Å². The summed E-state index contributed by atoms with van der Waals surface area (Å²) < 4.78 is 14.0. The second kappa shape index (κ2) is 6.91. The first-order valence-corrected chi connectivity index (χ1v) is 3.94. The molecule has 0 aromatic heterocycles. The number of methoxy groups -OCH3 is 2. The van der Waals surface area contributed by atoms with Crippen molar-refractivity contribution in [1.82, 2.24) is 0 Å². The number of carbonyl (C=O) groups excluding carboxylic acids is 1. The standard InChI is InChI=1S/C8H16O4/c1-7(5-4-6-10-2)12-8(9)11-3/h7H,4-6H2,1-3H3. The second-order valence-corrected chi connectivity index (χ2v) is 2.52. The van der Waals surface area contributed by atoms with Gasteiger partial charge in [-0.15, -0.1) is 0 Å². The number of ether oxygens (including phenoxy) is 3. The average molecular weight is 176 g/mol. The van der Waals surface area contributed by atoms with E-state index in [2.05, 4.69) is 4.74 Å². The predicted octanol–water partition coefficient (Wildman–Crippen LogP) is 1.58. The molecular formula is C8H16O4. The molecule has 0 N–H and O–H groups in total. The Morgan fingerprint density at radius 3 is 2.58 bits per heavy atom. The Morgan fingerprint density at radius 1 is 1.42 bits per heavy atom. The third kappa shape index (κ3) is 5.97. The van der Waals surface area contributed by atoms with E-state index in [4.69, 9.17) is 9.47 Å². The molecular weight excluding hydrogens is 160 g/mol. The van der Waals surface area contributed by atoms with E-state index < -0.39 is 6.16 Å². The molecule has 0 saturated heterocycles. The Bertz CT molecular complexity index is 124. The molecule has 72 valence electrons. The molecule has 0 saturated carbocycles. The second-order valence-electron chi connectivity index (χ2n) is 2.52. The molecule has 0 bridgehead atoms. The molecule has 0 aliphatic carbocycles. The third-order valence-electron chi connectivity index (χ3n) is 1.42. The van der Waals surface area contributed by atoms with Crippen molar-refractivity contribution in [2.75, 3.05) is 20.8 Å². The van der Waals surface area contributed by atoms with Crippen molar-refractivity contribution in [2.45, 2.75) is 25.9 Å². The molecule has 0 aliphatic rings. The van der Waals surface area contributed by atoms with Gasteiger partial charge in [0.1, 0.15) is 6.10 Å². The average Bonchev–Trinajstić information content (AvgIpc) is 2.05. The molecule has 12 heavy (non-hydrogen) atoms. The summed E-state index contributed by atoms with van der Waals surface area (Å²) in [5, 5.41) is 0. The van der Waals surface area contributed by atoms with E-state index in [0.29, 0.717) is 6.61 Å². The molecule has 0 aromatic carbocycles. The first-order valence-electron chi connectivity index (χ1n) is 3.94.